The Morgan fingerprint density at radius 3 is 2.56 bits per heavy atom. The van der Waals surface area contributed by atoms with Crippen LogP contribution in [0.25, 0.3) is 0 Å². The van der Waals surface area contributed by atoms with E-state index in [-0.39, 0.29) is 16.5 Å². The minimum Gasteiger partial charge on any atom is -0.371 e. The van der Waals surface area contributed by atoms with Gasteiger partial charge in [0.15, 0.2) is 0 Å². The molecule has 0 N–H and O–H groups in total. The molecule has 1 aromatic carbocycles. The number of non-ortho nitro benzene ring substituents is 1. The van der Waals surface area contributed by atoms with Crippen LogP contribution < -0.4 is 4.90 Å². The largest absolute Gasteiger partial charge is 0.371 e. The molecule has 0 radical (unpaired) electrons. The van der Waals surface area contributed by atoms with Crippen molar-refractivity contribution in [3.8, 4) is 0 Å². The van der Waals surface area contributed by atoms with Crippen LogP contribution >= 0.6 is 0 Å². The molecule has 1 aliphatic rings. The van der Waals surface area contributed by atoms with Crippen molar-refractivity contribution in [3.05, 3.63) is 33.9 Å². The Balaban J connectivity index is 2.14. The molecule has 1 heterocycles. The second-order valence-electron chi connectivity index (χ2n) is 4.69. The van der Waals surface area contributed by atoms with Crippen LogP contribution in [-0.2, 0) is 4.79 Å². The number of nitrogens with zero attached hydrogens (tertiary/aromatic N) is 2. The minimum absolute atomic E-state index is 0.124. The summed E-state index contributed by atoms with van der Waals surface area (Å²) in [6.07, 6.45) is 2.75. The Hall–Kier alpha value is -1.91. The Kier molecular flexibility index (Phi) is 3.60. The summed E-state index contributed by atoms with van der Waals surface area (Å²) in [5, 5.41) is 10.7. The minimum atomic E-state index is -0.380. The lowest BCUT2D eigenvalue weighted by Gasteiger charge is -2.32. The SMILES string of the molecule is Cc1cc([N+](=O)[O-])ccc1N1CCC(C=O)CC1. The predicted molar refractivity (Wildman–Crippen MR) is 68.8 cm³/mol. The maximum Gasteiger partial charge on any atom is 0.269 e. The van der Waals surface area contributed by atoms with E-state index in [1.54, 1.807) is 12.1 Å². The number of piperidine rings is 1. The summed E-state index contributed by atoms with van der Waals surface area (Å²) in [6.45, 7) is 3.55. The third-order valence-electron chi connectivity index (χ3n) is 3.46. The number of nitro groups is 1. The van der Waals surface area contributed by atoms with Crippen molar-refractivity contribution >= 4 is 17.7 Å². The summed E-state index contributed by atoms with van der Waals surface area (Å²) in [5.41, 5.74) is 2.07. The number of aldehydes is 1. The summed E-state index contributed by atoms with van der Waals surface area (Å²) >= 11 is 0. The molecule has 1 aromatic rings. The Labute approximate surface area is 106 Å². The van der Waals surface area contributed by atoms with Gasteiger partial charge in [-0.05, 0) is 31.4 Å². The molecule has 5 nitrogen and oxygen atoms in total. The lowest BCUT2D eigenvalue weighted by molar-refractivity contribution is -0.384. The van der Waals surface area contributed by atoms with Gasteiger partial charge in [0, 0.05) is 36.8 Å². The van der Waals surface area contributed by atoms with Crippen LogP contribution in [0.3, 0.4) is 0 Å². The van der Waals surface area contributed by atoms with E-state index < -0.39 is 0 Å². The first-order chi connectivity index (χ1) is 8.61. The average Bonchev–Trinajstić information content (AvgIpc) is 2.38. The fraction of sp³-hybridized carbons (Fsp3) is 0.462. The van der Waals surface area contributed by atoms with Gasteiger partial charge in [-0.25, -0.2) is 0 Å². The molecule has 18 heavy (non-hydrogen) atoms. The molecule has 0 bridgehead atoms. The van der Waals surface area contributed by atoms with Gasteiger partial charge in [0.25, 0.3) is 5.69 Å². The van der Waals surface area contributed by atoms with Gasteiger partial charge in [0.1, 0.15) is 6.29 Å². The molecule has 0 unspecified atom stereocenters. The van der Waals surface area contributed by atoms with Gasteiger partial charge in [-0.3, -0.25) is 10.1 Å². The second-order valence-corrected chi connectivity index (χ2v) is 4.69. The van der Waals surface area contributed by atoms with Crippen molar-refractivity contribution in [2.45, 2.75) is 19.8 Å². The maximum atomic E-state index is 10.7. The highest BCUT2D eigenvalue weighted by Gasteiger charge is 2.20. The number of aryl methyl sites for hydroxylation is 1. The van der Waals surface area contributed by atoms with Gasteiger partial charge in [-0.15, -0.1) is 0 Å². The van der Waals surface area contributed by atoms with E-state index in [0.29, 0.717) is 0 Å². The molecule has 1 saturated heterocycles. The molecular weight excluding hydrogens is 232 g/mol. The van der Waals surface area contributed by atoms with Crippen LogP contribution in [0.4, 0.5) is 11.4 Å². The van der Waals surface area contributed by atoms with Crippen molar-refractivity contribution in [3.63, 3.8) is 0 Å². The first kappa shape index (κ1) is 12.5. The van der Waals surface area contributed by atoms with Gasteiger partial charge < -0.3 is 9.69 Å². The summed E-state index contributed by atoms with van der Waals surface area (Å²) in [7, 11) is 0. The molecule has 96 valence electrons. The van der Waals surface area contributed by atoms with E-state index >= 15 is 0 Å². The van der Waals surface area contributed by atoms with E-state index in [4.69, 9.17) is 0 Å². The van der Waals surface area contributed by atoms with Crippen molar-refractivity contribution in [1.82, 2.24) is 0 Å². The van der Waals surface area contributed by atoms with Crippen molar-refractivity contribution in [1.29, 1.82) is 0 Å². The average molecular weight is 248 g/mol. The van der Waals surface area contributed by atoms with Gasteiger partial charge in [0.2, 0.25) is 0 Å². The van der Waals surface area contributed by atoms with Crippen LogP contribution in [-0.4, -0.2) is 24.3 Å². The lowest BCUT2D eigenvalue weighted by atomic mass is 9.97. The lowest BCUT2D eigenvalue weighted by Crippen LogP contribution is -2.34. The quantitative estimate of drug-likeness (QED) is 0.468. The van der Waals surface area contributed by atoms with Crippen molar-refractivity contribution in [2.75, 3.05) is 18.0 Å². The Morgan fingerprint density at radius 1 is 1.39 bits per heavy atom. The van der Waals surface area contributed by atoms with E-state index in [0.717, 1.165) is 43.5 Å². The molecule has 2 rings (SSSR count). The number of benzene rings is 1. The summed E-state index contributed by atoms with van der Waals surface area (Å²) < 4.78 is 0. The van der Waals surface area contributed by atoms with Gasteiger partial charge in [-0.1, -0.05) is 0 Å². The molecule has 0 amide bonds. The highest BCUT2D eigenvalue weighted by atomic mass is 16.6. The zero-order chi connectivity index (χ0) is 13.1. The third-order valence-corrected chi connectivity index (χ3v) is 3.46. The predicted octanol–water partition coefficient (Wildman–Crippen LogP) is 2.32. The monoisotopic (exact) mass is 248 g/mol. The topological polar surface area (TPSA) is 63.5 Å². The zero-order valence-electron chi connectivity index (χ0n) is 10.3. The van der Waals surface area contributed by atoms with Crippen molar-refractivity contribution < 1.29 is 9.72 Å². The first-order valence-corrected chi connectivity index (χ1v) is 6.07. The number of hydrogen-bond acceptors (Lipinski definition) is 4. The molecule has 1 aliphatic heterocycles. The molecule has 0 saturated carbocycles. The maximum absolute atomic E-state index is 10.7. The molecule has 1 fully saturated rings. The molecule has 0 spiro atoms. The van der Waals surface area contributed by atoms with Crippen LogP contribution in [0.1, 0.15) is 18.4 Å². The van der Waals surface area contributed by atoms with Gasteiger partial charge >= 0.3 is 0 Å². The normalized spacial score (nSPS) is 16.6. The van der Waals surface area contributed by atoms with Gasteiger partial charge in [-0.2, -0.15) is 0 Å². The third kappa shape index (κ3) is 2.50. The van der Waals surface area contributed by atoms with Crippen LogP contribution in [0.5, 0.6) is 0 Å². The Morgan fingerprint density at radius 2 is 2.06 bits per heavy atom. The standard InChI is InChI=1S/C13H16N2O3/c1-10-8-12(15(17)18)2-3-13(10)14-6-4-11(9-16)5-7-14/h2-3,8-9,11H,4-7H2,1H3. The van der Waals surface area contributed by atoms with Crippen molar-refractivity contribution in [2.24, 2.45) is 5.92 Å². The summed E-state index contributed by atoms with van der Waals surface area (Å²) in [5.74, 6) is 0.166. The second kappa shape index (κ2) is 5.16. The molecule has 5 heteroatoms. The van der Waals surface area contributed by atoms with E-state index in [1.165, 1.54) is 6.07 Å². The van der Waals surface area contributed by atoms with E-state index in [9.17, 15) is 14.9 Å². The number of carbonyl (C=O) groups excluding carboxylic acids is 1. The van der Waals surface area contributed by atoms with Crippen LogP contribution in [0, 0.1) is 23.0 Å². The number of hydrogen-bond donors (Lipinski definition) is 0. The highest BCUT2D eigenvalue weighted by Crippen LogP contribution is 2.28. The fourth-order valence-corrected chi connectivity index (χ4v) is 2.38. The molecular formula is C13H16N2O3. The molecule has 0 aromatic heterocycles. The number of carbonyl (C=O) groups is 1. The van der Waals surface area contributed by atoms with Crippen LogP contribution in [0.15, 0.2) is 18.2 Å². The Bertz CT molecular complexity index is 465. The van der Waals surface area contributed by atoms with Crippen LogP contribution in [0.2, 0.25) is 0 Å². The summed E-state index contributed by atoms with van der Waals surface area (Å²) in [6, 6.07) is 4.93. The highest BCUT2D eigenvalue weighted by molar-refractivity contribution is 5.59. The number of nitro benzene ring substituents is 1. The number of rotatable bonds is 3. The number of anilines is 1. The van der Waals surface area contributed by atoms with E-state index in [2.05, 4.69) is 4.90 Å². The smallest absolute Gasteiger partial charge is 0.269 e. The molecule has 0 atom stereocenters. The van der Waals surface area contributed by atoms with E-state index in [1.807, 2.05) is 6.92 Å². The zero-order valence-corrected chi connectivity index (χ0v) is 10.3. The van der Waals surface area contributed by atoms with Gasteiger partial charge in [0.05, 0.1) is 4.92 Å². The molecule has 0 aliphatic carbocycles. The fourth-order valence-electron chi connectivity index (χ4n) is 2.38. The first-order valence-electron chi connectivity index (χ1n) is 6.07. The summed E-state index contributed by atoms with van der Waals surface area (Å²) in [4.78, 5) is 23.2.